The molecule has 10 heavy (non-hydrogen) atoms. The summed E-state index contributed by atoms with van der Waals surface area (Å²) in [4.78, 5) is 9.84. The van der Waals surface area contributed by atoms with Crippen molar-refractivity contribution in [2.45, 2.75) is 18.8 Å². The summed E-state index contributed by atoms with van der Waals surface area (Å²) in [6.45, 7) is -0.142. The van der Waals surface area contributed by atoms with Crippen molar-refractivity contribution >= 4 is 6.29 Å². The summed E-state index contributed by atoms with van der Waals surface area (Å²) < 4.78 is 32.8. The minimum Gasteiger partial charge on any atom is -0.318 e. The van der Waals surface area contributed by atoms with E-state index in [1.807, 2.05) is 0 Å². The molecule has 1 aliphatic heterocycles. The molecule has 0 spiro atoms. The lowest BCUT2D eigenvalue weighted by molar-refractivity contribution is -0.350. The number of halogens is 2. The lowest BCUT2D eigenvalue weighted by Crippen LogP contribution is -2.40. The highest BCUT2D eigenvalue weighted by molar-refractivity contribution is 5.57. The highest BCUT2D eigenvalue weighted by Gasteiger charge is 2.38. The van der Waals surface area contributed by atoms with E-state index in [2.05, 4.69) is 9.47 Å². The lowest BCUT2D eigenvalue weighted by Gasteiger charge is -2.26. The van der Waals surface area contributed by atoms with Crippen LogP contribution in [0.1, 0.15) is 6.42 Å². The van der Waals surface area contributed by atoms with Gasteiger partial charge in [0.2, 0.25) is 12.6 Å². The molecule has 1 heterocycles. The number of carbonyl (C=O) groups is 1. The average Bonchev–Trinajstić information content (AvgIpc) is 1.88. The van der Waals surface area contributed by atoms with Gasteiger partial charge in [0.05, 0.1) is 6.61 Å². The summed E-state index contributed by atoms with van der Waals surface area (Å²) in [5.74, 6) is 0. The van der Waals surface area contributed by atoms with Crippen LogP contribution in [0.5, 0.6) is 0 Å². The van der Waals surface area contributed by atoms with Gasteiger partial charge < -0.3 is 4.74 Å². The van der Waals surface area contributed by atoms with Crippen LogP contribution in [-0.4, -0.2) is 25.3 Å². The SMILES string of the molecule is O=CC1(F)OCCC(F)O1. The number of ether oxygens (including phenoxy) is 2. The van der Waals surface area contributed by atoms with Crippen molar-refractivity contribution in [3.63, 3.8) is 0 Å². The molecule has 0 aliphatic carbocycles. The van der Waals surface area contributed by atoms with E-state index in [0.717, 1.165) is 0 Å². The zero-order valence-corrected chi connectivity index (χ0v) is 5.05. The third kappa shape index (κ3) is 1.48. The predicted octanol–water partition coefficient (Wildman–Crippen LogP) is 0.541. The van der Waals surface area contributed by atoms with Crippen molar-refractivity contribution in [2.75, 3.05) is 6.61 Å². The molecule has 0 N–H and O–H groups in total. The van der Waals surface area contributed by atoms with Crippen LogP contribution in [0.25, 0.3) is 0 Å². The summed E-state index contributed by atoms with van der Waals surface area (Å²) in [5.41, 5.74) is 0. The third-order valence-corrected chi connectivity index (χ3v) is 1.07. The molecule has 0 amide bonds. The number of hydrogen-bond acceptors (Lipinski definition) is 3. The van der Waals surface area contributed by atoms with Crippen molar-refractivity contribution in [1.82, 2.24) is 0 Å². The standard InChI is InChI=1S/C5H6F2O3/c6-4-1-2-9-5(7,3-8)10-4/h3-4H,1-2H2. The van der Waals surface area contributed by atoms with Gasteiger partial charge in [-0.3, -0.25) is 9.53 Å². The van der Waals surface area contributed by atoms with Gasteiger partial charge in [0.25, 0.3) is 0 Å². The van der Waals surface area contributed by atoms with E-state index in [1.54, 1.807) is 0 Å². The largest absolute Gasteiger partial charge is 0.381 e. The Hall–Kier alpha value is -0.550. The fourth-order valence-electron chi connectivity index (χ4n) is 0.620. The van der Waals surface area contributed by atoms with E-state index in [4.69, 9.17) is 0 Å². The molecular formula is C5H6F2O3. The summed E-state index contributed by atoms with van der Waals surface area (Å²) in [6, 6.07) is -2.86. The molecular weight excluding hydrogens is 146 g/mol. The average molecular weight is 152 g/mol. The molecule has 0 aromatic heterocycles. The van der Waals surface area contributed by atoms with E-state index in [1.165, 1.54) is 0 Å². The van der Waals surface area contributed by atoms with E-state index in [0.29, 0.717) is 0 Å². The molecule has 1 saturated heterocycles. The van der Waals surface area contributed by atoms with Crippen LogP contribution < -0.4 is 0 Å². The Balaban J connectivity index is 2.53. The molecule has 1 rings (SSSR count). The normalized spacial score (nSPS) is 41.2. The van der Waals surface area contributed by atoms with Gasteiger partial charge >= 0.3 is 6.04 Å². The Bertz CT molecular complexity index is 141. The zero-order valence-electron chi connectivity index (χ0n) is 5.05. The van der Waals surface area contributed by atoms with Gasteiger partial charge in [0.1, 0.15) is 0 Å². The van der Waals surface area contributed by atoms with Crippen molar-refractivity contribution in [1.29, 1.82) is 0 Å². The Morgan fingerprint density at radius 2 is 2.40 bits per heavy atom. The Labute approximate surface area is 55.9 Å². The fraction of sp³-hybridized carbons (Fsp3) is 0.800. The molecule has 0 saturated carbocycles. The monoisotopic (exact) mass is 152 g/mol. The first-order valence-corrected chi connectivity index (χ1v) is 2.77. The number of rotatable bonds is 1. The van der Waals surface area contributed by atoms with Crippen LogP contribution in [0.15, 0.2) is 0 Å². The van der Waals surface area contributed by atoms with Gasteiger partial charge in [-0.05, 0) is 0 Å². The van der Waals surface area contributed by atoms with Crippen LogP contribution in [-0.2, 0) is 14.3 Å². The fourth-order valence-corrected chi connectivity index (χ4v) is 0.620. The maximum absolute atomic E-state index is 12.5. The van der Waals surface area contributed by atoms with E-state index in [9.17, 15) is 13.6 Å². The van der Waals surface area contributed by atoms with Crippen LogP contribution in [0.2, 0.25) is 0 Å². The molecule has 2 atom stereocenters. The smallest absolute Gasteiger partial charge is 0.318 e. The highest BCUT2D eigenvalue weighted by Crippen LogP contribution is 2.22. The number of hydrogen-bond donors (Lipinski definition) is 0. The first-order valence-electron chi connectivity index (χ1n) is 2.77. The van der Waals surface area contributed by atoms with Crippen LogP contribution in [0.3, 0.4) is 0 Å². The molecule has 0 aromatic rings. The third-order valence-electron chi connectivity index (χ3n) is 1.07. The Kier molecular flexibility index (Phi) is 1.96. The van der Waals surface area contributed by atoms with Crippen LogP contribution in [0, 0.1) is 0 Å². The Morgan fingerprint density at radius 1 is 1.70 bits per heavy atom. The molecule has 1 fully saturated rings. The molecule has 5 heteroatoms. The minimum absolute atomic E-state index is 0.0422. The van der Waals surface area contributed by atoms with Crippen LogP contribution >= 0.6 is 0 Å². The van der Waals surface area contributed by atoms with Gasteiger partial charge in [-0.25, -0.2) is 4.39 Å². The minimum atomic E-state index is -2.86. The maximum Gasteiger partial charge on any atom is 0.381 e. The van der Waals surface area contributed by atoms with Gasteiger partial charge in [0, 0.05) is 6.42 Å². The summed E-state index contributed by atoms with van der Waals surface area (Å²) >= 11 is 0. The summed E-state index contributed by atoms with van der Waals surface area (Å²) in [6.07, 6.45) is -2.00. The second-order valence-corrected chi connectivity index (χ2v) is 1.87. The van der Waals surface area contributed by atoms with E-state index >= 15 is 0 Å². The number of aldehydes is 1. The summed E-state index contributed by atoms with van der Waals surface area (Å²) in [5, 5.41) is 0. The lowest BCUT2D eigenvalue weighted by atomic mass is 10.4. The number of alkyl halides is 2. The summed E-state index contributed by atoms with van der Waals surface area (Å²) in [7, 11) is 0. The van der Waals surface area contributed by atoms with Crippen LogP contribution in [0.4, 0.5) is 8.78 Å². The van der Waals surface area contributed by atoms with Gasteiger partial charge in [-0.2, -0.15) is 4.39 Å². The second kappa shape index (κ2) is 2.59. The maximum atomic E-state index is 12.5. The van der Waals surface area contributed by atoms with Crippen molar-refractivity contribution < 1.29 is 23.0 Å². The van der Waals surface area contributed by atoms with E-state index in [-0.39, 0.29) is 19.3 Å². The quantitative estimate of drug-likeness (QED) is 0.514. The van der Waals surface area contributed by atoms with E-state index < -0.39 is 12.4 Å². The van der Waals surface area contributed by atoms with Gasteiger partial charge in [-0.1, -0.05) is 0 Å². The highest BCUT2D eigenvalue weighted by atomic mass is 19.2. The zero-order chi connectivity index (χ0) is 7.61. The van der Waals surface area contributed by atoms with Crippen molar-refractivity contribution in [3.8, 4) is 0 Å². The van der Waals surface area contributed by atoms with Gasteiger partial charge in [0.15, 0.2) is 0 Å². The molecule has 1 aliphatic rings. The van der Waals surface area contributed by atoms with Crippen molar-refractivity contribution in [2.24, 2.45) is 0 Å². The van der Waals surface area contributed by atoms with Crippen molar-refractivity contribution in [3.05, 3.63) is 0 Å². The van der Waals surface area contributed by atoms with Gasteiger partial charge in [-0.15, -0.1) is 0 Å². The molecule has 0 aromatic carbocycles. The molecule has 0 radical (unpaired) electrons. The molecule has 58 valence electrons. The first kappa shape index (κ1) is 7.56. The second-order valence-electron chi connectivity index (χ2n) is 1.87. The molecule has 2 unspecified atom stereocenters. The topological polar surface area (TPSA) is 35.5 Å². The molecule has 0 bridgehead atoms. The Morgan fingerprint density at radius 3 is 2.80 bits per heavy atom. The number of carbonyl (C=O) groups excluding carboxylic acids is 1. The first-order chi connectivity index (χ1) is 4.66. The predicted molar refractivity (Wildman–Crippen MR) is 26.5 cm³/mol. The molecule has 3 nitrogen and oxygen atoms in total.